The van der Waals surface area contributed by atoms with Gasteiger partial charge in [0, 0.05) is 31.3 Å². The molecule has 0 spiro atoms. The van der Waals surface area contributed by atoms with Crippen LogP contribution in [0.3, 0.4) is 0 Å². The normalized spacial score (nSPS) is 11.5. The van der Waals surface area contributed by atoms with Crippen LogP contribution in [0.25, 0.3) is 10.9 Å². The molecule has 1 aromatic carbocycles. The molecule has 0 atom stereocenters. The van der Waals surface area contributed by atoms with Crippen LogP contribution in [0, 0.1) is 0 Å². The zero-order valence-electron chi connectivity index (χ0n) is 11.4. The molecule has 1 aromatic heterocycles. The van der Waals surface area contributed by atoms with Crippen molar-refractivity contribution in [3.8, 4) is 0 Å². The Bertz CT molecular complexity index is 475. The van der Waals surface area contributed by atoms with Gasteiger partial charge in [0.05, 0.1) is 0 Å². The van der Waals surface area contributed by atoms with Crippen LogP contribution in [0.5, 0.6) is 0 Å². The first kappa shape index (κ1) is 13.1. The Morgan fingerprint density at radius 2 is 2.11 bits per heavy atom. The number of rotatable bonds is 7. The van der Waals surface area contributed by atoms with Crippen LogP contribution in [0.1, 0.15) is 18.9 Å². The van der Waals surface area contributed by atoms with Crippen molar-refractivity contribution in [2.45, 2.75) is 19.9 Å². The Morgan fingerprint density at radius 1 is 1.22 bits per heavy atom. The summed E-state index contributed by atoms with van der Waals surface area (Å²) >= 11 is 0. The van der Waals surface area contributed by atoms with E-state index >= 15 is 0 Å². The van der Waals surface area contributed by atoms with Gasteiger partial charge in [-0.2, -0.15) is 0 Å². The van der Waals surface area contributed by atoms with Gasteiger partial charge in [0.2, 0.25) is 0 Å². The van der Waals surface area contributed by atoms with Gasteiger partial charge < -0.3 is 15.2 Å². The van der Waals surface area contributed by atoms with Crippen LogP contribution in [-0.2, 0) is 6.54 Å². The van der Waals surface area contributed by atoms with Crippen molar-refractivity contribution in [1.29, 1.82) is 0 Å². The van der Waals surface area contributed by atoms with Gasteiger partial charge in [-0.3, -0.25) is 0 Å². The summed E-state index contributed by atoms with van der Waals surface area (Å²) in [6, 6.07) is 8.61. The summed E-state index contributed by atoms with van der Waals surface area (Å²) in [5.74, 6) is 0. The summed E-state index contributed by atoms with van der Waals surface area (Å²) in [4.78, 5) is 5.69. The molecule has 0 aliphatic carbocycles. The van der Waals surface area contributed by atoms with E-state index in [4.69, 9.17) is 0 Å². The van der Waals surface area contributed by atoms with Crippen molar-refractivity contribution in [2.75, 3.05) is 26.7 Å². The highest BCUT2D eigenvalue weighted by atomic mass is 15.1. The van der Waals surface area contributed by atoms with Gasteiger partial charge in [-0.15, -0.1) is 0 Å². The summed E-state index contributed by atoms with van der Waals surface area (Å²) in [5.41, 5.74) is 2.64. The van der Waals surface area contributed by atoms with Gasteiger partial charge in [0.1, 0.15) is 0 Å². The summed E-state index contributed by atoms with van der Waals surface area (Å²) in [5, 5.41) is 4.73. The number of hydrogen-bond acceptors (Lipinski definition) is 2. The molecule has 1 heterocycles. The molecule has 2 N–H and O–H groups in total. The summed E-state index contributed by atoms with van der Waals surface area (Å²) < 4.78 is 0. The molecule has 3 heteroatoms. The highest BCUT2D eigenvalue weighted by molar-refractivity contribution is 5.82. The zero-order chi connectivity index (χ0) is 12.8. The van der Waals surface area contributed by atoms with Crippen LogP contribution < -0.4 is 5.32 Å². The Kier molecular flexibility index (Phi) is 4.79. The topological polar surface area (TPSA) is 31.1 Å². The molecule has 0 amide bonds. The number of nitrogens with zero attached hydrogens (tertiary/aromatic N) is 1. The number of para-hydroxylation sites is 1. The third kappa shape index (κ3) is 3.34. The van der Waals surface area contributed by atoms with Crippen molar-refractivity contribution < 1.29 is 0 Å². The van der Waals surface area contributed by atoms with Gasteiger partial charge in [0.25, 0.3) is 0 Å². The molecule has 18 heavy (non-hydrogen) atoms. The quantitative estimate of drug-likeness (QED) is 0.735. The van der Waals surface area contributed by atoms with Crippen molar-refractivity contribution in [3.05, 3.63) is 36.0 Å². The average Bonchev–Trinajstić information content (AvgIpc) is 2.84. The fourth-order valence-corrected chi connectivity index (χ4v) is 2.22. The summed E-state index contributed by atoms with van der Waals surface area (Å²) in [6.07, 6.45) is 3.21. The minimum Gasteiger partial charge on any atom is -0.361 e. The van der Waals surface area contributed by atoms with Crippen molar-refractivity contribution >= 4 is 10.9 Å². The van der Waals surface area contributed by atoms with E-state index in [2.05, 4.69) is 53.4 Å². The second-order valence-corrected chi connectivity index (χ2v) is 4.85. The fourth-order valence-electron chi connectivity index (χ4n) is 2.22. The predicted octanol–water partition coefficient (Wildman–Crippen LogP) is 2.60. The molecule has 0 aliphatic rings. The number of aromatic nitrogens is 1. The van der Waals surface area contributed by atoms with Crippen LogP contribution in [0.4, 0.5) is 0 Å². The number of H-pyrrole nitrogens is 1. The third-order valence-electron chi connectivity index (χ3n) is 3.21. The van der Waals surface area contributed by atoms with E-state index in [0.29, 0.717) is 0 Å². The number of fused-ring (bicyclic) bond motifs is 1. The van der Waals surface area contributed by atoms with Crippen molar-refractivity contribution in [2.24, 2.45) is 0 Å². The smallest absolute Gasteiger partial charge is 0.0499 e. The molecule has 2 aromatic rings. The number of nitrogens with one attached hydrogen (secondary N) is 2. The molecular weight excluding hydrogens is 222 g/mol. The van der Waals surface area contributed by atoms with E-state index < -0.39 is 0 Å². The lowest BCUT2D eigenvalue weighted by Gasteiger charge is -2.17. The first-order valence-corrected chi connectivity index (χ1v) is 6.75. The minimum absolute atomic E-state index is 0.992. The lowest BCUT2D eigenvalue weighted by atomic mass is 10.1. The lowest BCUT2D eigenvalue weighted by molar-refractivity contribution is 0.325. The summed E-state index contributed by atoms with van der Waals surface area (Å²) in [7, 11) is 2.18. The minimum atomic E-state index is 0.992. The monoisotopic (exact) mass is 245 g/mol. The van der Waals surface area contributed by atoms with E-state index in [0.717, 1.165) is 26.2 Å². The van der Waals surface area contributed by atoms with Crippen molar-refractivity contribution in [1.82, 2.24) is 15.2 Å². The number of benzene rings is 1. The second kappa shape index (κ2) is 6.57. The molecule has 0 saturated carbocycles. The first-order valence-electron chi connectivity index (χ1n) is 6.75. The van der Waals surface area contributed by atoms with E-state index in [1.165, 1.54) is 22.9 Å². The van der Waals surface area contributed by atoms with Crippen LogP contribution in [0.2, 0.25) is 0 Å². The van der Waals surface area contributed by atoms with E-state index in [9.17, 15) is 0 Å². The van der Waals surface area contributed by atoms with Crippen molar-refractivity contribution in [3.63, 3.8) is 0 Å². The SMILES string of the molecule is CCCNCCN(C)Cc1cccc2cc[nH]c12. The highest BCUT2D eigenvalue weighted by Crippen LogP contribution is 2.17. The number of hydrogen-bond donors (Lipinski definition) is 2. The molecule has 0 fully saturated rings. The van der Waals surface area contributed by atoms with Crippen LogP contribution in [0.15, 0.2) is 30.5 Å². The number of aromatic amines is 1. The number of likely N-dealkylation sites (N-methyl/N-ethyl adjacent to an activating group) is 1. The molecule has 0 bridgehead atoms. The first-order chi connectivity index (χ1) is 8.81. The van der Waals surface area contributed by atoms with Gasteiger partial charge in [-0.1, -0.05) is 25.1 Å². The molecular formula is C15H23N3. The second-order valence-electron chi connectivity index (χ2n) is 4.85. The molecule has 3 nitrogen and oxygen atoms in total. The van der Waals surface area contributed by atoms with Crippen LogP contribution >= 0.6 is 0 Å². The maximum atomic E-state index is 3.43. The van der Waals surface area contributed by atoms with Gasteiger partial charge >= 0.3 is 0 Å². The molecule has 0 saturated heterocycles. The maximum absolute atomic E-state index is 3.43. The standard InChI is InChI=1S/C15H23N3/c1-3-8-16-10-11-18(2)12-14-6-4-5-13-7-9-17-15(13)14/h4-7,9,16-17H,3,8,10-12H2,1-2H3. The van der Waals surface area contributed by atoms with E-state index in [-0.39, 0.29) is 0 Å². The lowest BCUT2D eigenvalue weighted by Crippen LogP contribution is -2.29. The largest absolute Gasteiger partial charge is 0.361 e. The Hall–Kier alpha value is -1.32. The average molecular weight is 245 g/mol. The maximum Gasteiger partial charge on any atom is 0.0499 e. The third-order valence-corrected chi connectivity index (χ3v) is 3.21. The van der Waals surface area contributed by atoms with Gasteiger partial charge in [0.15, 0.2) is 0 Å². The fraction of sp³-hybridized carbons (Fsp3) is 0.467. The molecule has 0 aliphatic heterocycles. The Labute approximate surface area is 109 Å². The zero-order valence-corrected chi connectivity index (χ0v) is 11.4. The predicted molar refractivity (Wildman–Crippen MR) is 77.8 cm³/mol. The molecule has 0 radical (unpaired) electrons. The van der Waals surface area contributed by atoms with E-state index in [1.54, 1.807) is 0 Å². The Morgan fingerprint density at radius 3 is 2.94 bits per heavy atom. The Balaban J connectivity index is 1.90. The highest BCUT2D eigenvalue weighted by Gasteiger charge is 2.04. The van der Waals surface area contributed by atoms with Gasteiger partial charge in [-0.25, -0.2) is 0 Å². The molecule has 0 unspecified atom stereocenters. The van der Waals surface area contributed by atoms with E-state index in [1.807, 2.05) is 6.20 Å². The van der Waals surface area contributed by atoms with Crippen LogP contribution in [-0.4, -0.2) is 36.6 Å². The molecule has 2 rings (SSSR count). The van der Waals surface area contributed by atoms with Gasteiger partial charge in [-0.05, 0) is 37.0 Å². The molecule has 98 valence electrons. The summed E-state index contributed by atoms with van der Waals surface area (Å²) in [6.45, 7) is 6.44.